The van der Waals surface area contributed by atoms with Crippen LogP contribution in [-0.2, 0) is 9.59 Å². The highest BCUT2D eigenvalue weighted by Gasteiger charge is 2.24. The highest BCUT2D eigenvalue weighted by molar-refractivity contribution is 5.76. The normalized spacial score (nSPS) is 21.3. The van der Waals surface area contributed by atoms with E-state index in [2.05, 4.69) is 5.32 Å². The quantitative estimate of drug-likeness (QED) is 0.710. The third-order valence-electron chi connectivity index (χ3n) is 2.59. The van der Waals surface area contributed by atoms with Gasteiger partial charge in [0.1, 0.15) is 0 Å². The predicted molar refractivity (Wildman–Crippen MR) is 60.1 cm³/mol. The van der Waals surface area contributed by atoms with Crippen molar-refractivity contribution >= 4 is 11.9 Å². The Kier molecular flexibility index (Phi) is 4.73. The third-order valence-corrected chi connectivity index (χ3v) is 2.59. The van der Waals surface area contributed by atoms with Crippen LogP contribution < -0.4 is 5.32 Å². The zero-order valence-electron chi connectivity index (χ0n) is 9.90. The number of likely N-dealkylation sites (tertiary alicyclic amines) is 1. The first-order valence-electron chi connectivity index (χ1n) is 5.71. The first-order chi connectivity index (χ1) is 7.47. The van der Waals surface area contributed by atoms with Gasteiger partial charge in [-0.2, -0.15) is 0 Å². The van der Waals surface area contributed by atoms with Gasteiger partial charge in [0.05, 0.1) is 6.54 Å². The second kappa shape index (κ2) is 5.84. The van der Waals surface area contributed by atoms with E-state index in [4.69, 9.17) is 5.11 Å². The van der Waals surface area contributed by atoms with Crippen LogP contribution in [0.1, 0.15) is 26.7 Å². The molecule has 0 aromatic heterocycles. The Balaban J connectivity index is 2.25. The van der Waals surface area contributed by atoms with Crippen molar-refractivity contribution in [3.05, 3.63) is 0 Å². The highest BCUT2D eigenvalue weighted by atomic mass is 16.4. The summed E-state index contributed by atoms with van der Waals surface area (Å²) in [6, 6.07) is 0.116. The second-order valence-electron chi connectivity index (χ2n) is 4.78. The lowest BCUT2D eigenvalue weighted by atomic mass is 10.1. The Bertz CT molecular complexity index is 266. The molecule has 0 unspecified atom stereocenters. The van der Waals surface area contributed by atoms with Gasteiger partial charge in [0.15, 0.2) is 0 Å². The van der Waals surface area contributed by atoms with Gasteiger partial charge in [-0.15, -0.1) is 0 Å². The molecule has 0 bridgehead atoms. The third kappa shape index (κ3) is 4.61. The van der Waals surface area contributed by atoms with E-state index in [0.717, 1.165) is 13.0 Å². The Labute approximate surface area is 95.8 Å². The molecule has 1 heterocycles. The number of carboxylic acids is 1. The smallest absolute Gasteiger partial charge is 0.317 e. The van der Waals surface area contributed by atoms with Crippen molar-refractivity contribution in [1.82, 2.24) is 10.2 Å². The molecule has 1 aliphatic heterocycles. The lowest BCUT2D eigenvalue weighted by molar-refractivity contribution is -0.138. The first kappa shape index (κ1) is 13.0. The zero-order chi connectivity index (χ0) is 12.1. The molecule has 0 saturated carbocycles. The maximum absolute atomic E-state index is 11.5. The van der Waals surface area contributed by atoms with Crippen molar-refractivity contribution in [1.29, 1.82) is 0 Å². The number of aliphatic carboxylic acids is 1. The molecule has 0 aromatic rings. The summed E-state index contributed by atoms with van der Waals surface area (Å²) in [6.45, 7) is 5.47. The molecule has 5 heteroatoms. The number of carbonyl (C=O) groups excluding carboxylic acids is 1. The molecule has 1 saturated heterocycles. The van der Waals surface area contributed by atoms with Gasteiger partial charge in [-0.25, -0.2) is 0 Å². The average Bonchev–Trinajstić information content (AvgIpc) is 2.49. The van der Waals surface area contributed by atoms with Crippen molar-refractivity contribution in [3.8, 4) is 0 Å². The summed E-state index contributed by atoms with van der Waals surface area (Å²) < 4.78 is 0. The molecular weight excluding hydrogens is 208 g/mol. The number of hydrogen-bond acceptors (Lipinski definition) is 3. The van der Waals surface area contributed by atoms with E-state index in [1.165, 1.54) is 0 Å². The second-order valence-corrected chi connectivity index (χ2v) is 4.78. The van der Waals surface area contributed by atoms with E-state index in [-0.39, 0.29) is 18.5 Å². The van der Waals surface area contributed by atoms with Gasteiger partial charge < -0.3 is 10.4 Å². The number of carbonyl (C=O) groups is 2. The molecule has 1 fully saturated rings. The summed E-state index contributed by atoms with van der Waals surface area (Å²) in [7, 11) is 0. The summed E-state index contributed by atoms with van der Waals surface area (Å²) in [6.07, 6.45) is 1.38. The fourth-order valence-electron chi connectivity index (χ4n) is 1.94. The molecule has 16 heavy (non-hydrogen) atoms. The largest absolute Gasteiger partial charge is 0.480 e. The number of nitrogens with one attached hydrogen (secondary N) is 1. The van der Waals surface area contributed by atoms with Gasteiger partial charge >= 0.3 is 5.97 Å². The number of carboxylic acid groups (broad SMARTS) is 1. The maximum atomic E-state index is 11.5. The van der Waals surface area contributed by atoms with E-state index >= 15 is 0 Å². The van der Waals surface area contributed by atoms with Crippen LogP contribution in [0.25, 0.3) is 0 Å². The molecule has 0 spiro atoms. The first-order valence-corrected chi connectivity index (χ1v) is 5.71. The monoisotopic (exact) mass is 228 g/mol. The molecule has 0 radical (unpaired) electrons. The summed E-state index contributed by atoms with van der Waals surface area (Å²) in [5.74, 6) is -0.386. The molecule has 2 N–H and O–H groups in total. The van der Waals surface area contributed by atoms with E-state index in [1.807, 2.05) is 18.7 Å². The fourth-order valence-corrected chi connectivity index (χ4v) is 1.94. The Morgan fingerprint density at radius 1 is 1.50 bits per heavy atom. The standard InChI is InChI=1S/C11H20N2O3/c1-8(2)5-10(14)12-9-3-4-13(6-9)7-11(15)16/h8-9H,3-7H2,1-2H3,(H,12,14)(H,15,16)/t9-/m0/s1. The molecule has 1 aliphatic rings. The molecule has 1 amide bonds. The molecule has 0 aliphatic carbocycles. The number of nitrogens with zero attached hydrogens (tertiary/aromatic N) is 1. The van der Waals surface area contributed by atoms with E-state index < -0.39 is 5.97 Å². The van der Waals surface area contributed by atoms with Crippen LogP contribution in [0.15, 0.2) is 0 Å². The summed E-state index contributed by atoms with van der Waals surface area (Å²) in [5.41, 5.74) is 0. The van der Waals surface area contributed by atoms with E-state index in [9.17, 15) is 9.59 Å². The topological polar surface area (TPSA) is 69.6 Å². The van der Waals surface area contributed by atoms with Gasteiger partial charge in [0.2, 0.25) is 5.91 Å². The number of rotatable bonds is 5. The predicted octanol–water partition coefficient (Wildman–Crippen LogP) is 0.308. The molecule has 1 atom stereocenters. The van der Waals surface area contributed by atoms with Gasteiger partial charge in [0, 0.05) is 25.6 Å². The molecule has 5 nitrogen and oxygen atoms in total. The van der Waals surface area contributed by atoms with Crippen LogP contribution in [0, 0.1) is 5.92 Å². The molecule has 0 aromatic carbocycles. The molecule has 1 rings (SSSR count). The van der Waals surface area contributed by atoms with Crippen molar-refractivity contribution in [2.75, 3.05) is 19.6 Å². The van der Waals surface area contributed by atoms with Crippen LogP contribution >= 0.6 is 0 Å². The lowest BCUT2D eigenvalue weighted by Crippen LogP contribution is -2.38. The number of hydrogen-bond donors (Lipinski definition) is 2. The summed E-state index contributed by atoms with van der Waals surface area (Å²) >= 11 is 0. The Morgan fingerprint density at radius 3 is 2.75 bits per heavy atom. The lowest BCUT2D eigenvalue weighted by Gasteiger charge is -2.15. The minimum Gasteiger partial charge on any atom is -0.480 e. The summed E-state index contributed by atoms with van der Waals surface area (Å²) in [5, 5.41) is 11.6. The molecule has 92 valence electrons. The summed E-state index contributed by atoms with van der Waals surface area (Å²) in [4.78, 5) is 23.8. The van der Waals surface area contributed by atoms with Gasteiger partial charge in [-0.1, -0.05) is 13.8 Å². The van der Waals surface area contributed by atoms with Crippen LogP contribution in [0.3, 0.4) is 0 Å². The van der Waals surface area contributed by atoms with Crippen molar-refractivity contribution < 1.29 is 14.7 Å². The Hall–Kier alpha value is -1.10. The highest BCUT2D eigenvalue weighted by Crippen LogP contribution is 2.09. The molecular formula is C11H20N2O3. The SMILES string of the molecule is CC(C)CC(=O)N[C@H]1CCN(CC(=O)O)C1. The van der Waals surface area contributed by atoms with E-state index in [1.54, 1.807) is 0 Å². The minimum absolute atomic E-state index is 0.0660. The van der Waals surface area contributed by atoms with Crippen molar-refractivity contribution in [3.63, 3.8) is 0 Å². The van der Waals surface area contributed by atoms with Crippen molar-refractivity contribution in [2.45, 2.75) is 32.7 Å². The van der Waals surface area contributed by atoms with Crippen LogP contribution in [-0.4, -0.2) is 47.6 Å². The van der Waals surface area contributed by atoms with Crippen LogP contribution in [0.4, 0.5) is 0 Å². The van der Waals surface area contributed by atoms with Gasteiger partial charge in [0.25, 0.3) is 0 Å². The van der Waals surface area contributed by atoms with Crippen LogP contribution in [0.2, 0.25) is 0 Å². The van der Waals surface area contributed by atoms with Gasteiger partial charge in [-0.05, 0) is 12.3 Å². The van der Waals surface area contributed by atoms with Gasteiger partial charge in [-0.3, -0.25) is 14.5 Å². The zero-order valence-corrected chi connectivity index (χ0v) is 9.90. The minimum atomic E-state index is -0.811. The van der Waals surface area contributed by atoms with Crippen molar-refractivity contribution in [2.24, 2.45) is 5.92 Å². The fraction of sp³-hybridized carbons (Fsp3) is 0.818. The maximum Gasteiger partial charge on any atom is 0.317 e. The van der Waals surface area contributed by atoms with E-state index in [0.29, 0.717) is 18.9 Å². The number of amides is 1. The van der Waals surface area contributed by atoms with Crippen LogP contribution in [0.5, 0.6) is 0 Å². The Morgan fingerprint density at radius 2 is 2.19 bits per heavy atom. The average molecular weight is 228 g/mol.